The second-order valence-electron chi connectivity index (χ2n) is 2.50. The van der Waals surface area contributed by atoms with Crippen LogP contribution < -0.4 is 10.6 Å². The highest BCUT2D eigenvalue weighted by atomic mass is 79.9. The molecule has 0 spiro atoms. The molecule has 0 aliphatic heterocycles. The number of halogens is 1. The normalized spacial score (nSPS) is 10.3. The van der Waals surface area contributed by atoms with Gasteiger partial charge in [0.25, 0.3) is 0 Å². The Hall–Kier alpha value is -1.10. The van der Waals surface area contributed by atoms with E-state index in [-0.39, 0.29) is 17.0 Å². The van der Waals surface area contributed by atoms with Crippen molar-refractivity contribution in [2.45, 2.75) is 6.54 Å². The summed E-state index contributed by atoms with van der Waals surface area (Å²) in [6.45, 7) is 0.689. The molecule has 1 heterocycles. The van der Waals surface area contributed by atoms with Gasteiger partial charge in [-0.1, -0.05) is 6.07 Å². The third kappa shape index (κ3) is 4.23. The van der Waals surface area contributed by atoms with Crippen molar-refractivity contribution in [3.8, 4) is 0 Å². The Morgan fingerprint density at radius 2 is 2.29 bits per heavy atom. The Labute approximate surface area is 94.6 Å². The molecule has 14 heavy (non-hydrogen) atoms. The zero-order valence-electron chi connectivity index (χ0n) is 8.32. The van der Waals surface area contributed by atoms with Gasteiger partial charge in [-0.15, -0.1) is 17.0 Å². The number of hydrogen-bond acceptors (Lipinski definition) is 2. The molecule has 0 fully saturated rings. The van der Waals surface area contributed by atoms with Gasteiger partial charge in [0.2, 0.25) is 0 Å². The highest BCUT2D eigenvalue weighted by Gasteiger charge is 1.94. The SMILES string of the molecule is Br.CN=C(NC)NCc1ccccn1. The van der Waals surface area contributed by atoms with Crippen LogP contribution in [0.15, 0.2) is 29.4 Å². The number of nitrogens with one attached hydrogen (secondary N) is 2. The number of guanidine groups is 1. The first-order valence-electron chi connectivity index (χ1n) is 4.15. The van der Waals surface area contributed by atoms with Crippen molar-refractivity contribution in [2.24, 2.45) is 4.99 Å². The molecular formula is C9H15BrN4. The lowest BCUT2D eigenvalue weighted by Crippen LogP contribution is -2.34. The summed E-state index contributed by atoms with van der Waals surface area (Å²) in [6.07, 6.45) is 1.78. The molecule has 5 heteroatoms. The van der Waals surface area contributed by atoms with Gasteiger partial charge in [0.05, 0.1) is 12.2 Å². The van der Waals surface area contributed by atoms with Crippen molar-refractivity contribution in [2.75, 3.05) is 14.1 Å². The standard InChI is InChI=1S/C9H14N4.BrH/c1-10-9(11-2)13-7-8-5-3-4-6-12-8;/h3-6H,7H2,1-2H3,(H2,10,11,13);1H. The van der Waals surface area contributed by atoms with E-state index in [9.17, 15) is 0 Å². The topological polar surface area (TPSA) is 49.3 Å². The van der Waals surface area contributed by atoms with E-state index < -0.39 is 0 Å². The summed E-state index contributed by atoms with van der Waals surface area (Å²) in [5.74, 6) is 0.769. The number of nitrogens with zero attached hydrogens (tertiary/aromatic N) is 2. The minimum Gasteiger partial charge on any atom is -0.359 e. The molecule has 4 nitrogen and oxygen atoms in total. The molecule has 1 aromatic heterocycles. The fourth-order valence-corrected chi connectivity index (χ4v) is 0.956. The van der Waals surface area contributed by atoms with Crippen LogP contribution in [-0.4, -0.2) is 25.0 Å². The van der Waals surface area contributed by atoms with Crippen molar-refractivity contribution in [1.82, 2.24) is 15.6 Å². The molecular weight excluding hydrogens is 244 g/mol. The van der Waals surface area contributed by atoms with E-state index in [1.54, 1.807) is 13.2 Å². The van der Waals surface area contributed by atoms with Gasteiger partial charge in [-0.05, 0) is 12.1 Å². The van der Waals surface area contributed by atoms with Gasteiger partial charge in [-0.25, -0.2) is 0 Å². The molecule has 1 rings (SSSR count). The zero-order valence-corrected chi connectivity index (χ0v) is 10.0. The van der Waals surface area contributed by atoms with Crippen LogP contribution in [0.5, 0.6) is 0 Å². The highest BCUT2D eigenvalue weighted by Crippen LogP contribution is 1.91. The third-order valence-corrected chi connectivity index (χ3v) is 1.62. The molecule has 0 bridgehead atoms. The van der Waals surface area contributed by atoms with E-state index in [0.29, 0.717) is 6.54 Å². The van der Waals surface area contributed by atoms with Crippen LogP contribution in [0, 0.1) is 0 Å². The molecule has 1 aromatic rings. The van der Waals surface area contributed by atoms with Gasteiger partial charge < -0.3 is 10.6 Å². The first kappa shape index (κ1) is 12.9. The lowest BCUT2D eigenvalue weighted by molar-refractivity contribution is 0.837. The second kappa shape index (κ2) is 7.32. The summed E-state index contributed by atoms with van der Waals surface area (Å²) in [5, 5.41) is 6.04. The van der Waals surface area contributed by atoms with Crippen LogP contribution in [0.1, 0.15) is 5.69 Å². The van der Waals surface area contributed by atoms with Crippen molar-refractivity contribution < 1.29 is 0 Å². The van der Waals surface area contributed by atoms with Gasteiger partial charge in [0.15, 0.2) is 5.96 Å². The van der Waals surface area contributed by atoms with Gasteiger partial charge in [-0.2, -0.15) is 0 Å². The Balaban J connectivity index is 0.00000169. The molecule has 0 saturated carbocycles. The smallest absolute Gasteiger partial charge is 0.191 e. The predicted octanol–water partition coefficient (Wildman–Crippen LogP) is 0.954. The summed E-state index contributed by atoms with van der Waals surface area (Å²) in [6, 6.07) is 5.83. The lowest BCUT2D eigenvalue weighted by Gasteiger charge is -2.07. The van der Waals surface area contributed by atoms with Crippen molar-refractivity contribution in [3.05, 3.63) is 30.1 Å². The van der Waals surface area contributed by atoms with Crippen molar-refractivity contribution >= 4 is 22.9 Å². The number of aromatic nitrogens is 1. The van der Waals surface area contributed by atoms with E-state index in [1.807, 2.05) is 25.2 Å². The second-order valence-corrected chi connectivity index (χ2v) is 2.50. The maximum absolute atomic E-state index is 4.17. The molecule has 2 N–H and O–H groups in total. The van der Waals surface area contributed by atoms with Crippen molar-refractivity contribution in [3.63, 3.8) is 0 Å². The number of hydrogen-bond donors (Lipinski definition) is 2. The van der Waals surface area contributed by atoms with Gasteiger partial charge in [-0.3, -0.25) is 9.98 Å². The Morgan fingerprint density at radius 1 is 1.50 bits per heavy atom. The Kier molecular flexibility index (Phi) is 6.74. The van der Waals surface area contributed by atoms with E-state index in [2.05, 4.69) is 20.6 Å². The summed E-state index contributed by atoms with van der Waals surface area (Å²) >= 11 is 0. The molecule has 78 valence electrons. The van der Waals surface area contributed by atoms with Crippen molar-refractivity contribution in [1.29, 1.82) is 0 Å². The minimum atomic E-state index is 0. The Morgan fingerprint density at radius 3 is 2.79 bits per heavy atom. The third-order valence-electron chi connectivity index (χ3n) is 1.62. The fourth-order valence-electron chi connectivity index (χ4n) is 0.956. The molecule has 0 atom stereocenters. The first-order chi connectivity index (χ1) is 6.36. The van der Waals surface area contributed by atoms with Crippen LogP contribution in [-0.2, 0) is 6.54 Å². The maximum Gasteiger partial charge on any atom is 0.191 e. The number of pyridine rings is 1. The van der Waals surface area contributed by atoms with E-state index >= 15 is 0 Å². The maximum atomic E-state index is 4.17. The molecule has 0 aliphatic rings. The van der Waals surface area contributed by atoms with Crippen LogP contribution in [0.25, 0.3) is 0 Å². The monoisotopic (exact) mass is 258 g/mol. The summed E-state index contributed by atoms with van der Waals surface area (Å²) in [4.78, 5) is 8.16. The minimum absolute atomic E-state index is 0. The van der Waals surface area contributed by atoms with Crippen LogP contribution >= 0.6 is 17.0 Å². The highest BCUT2D eigenvalue weighted by molar-refractivity contribution is 8.93. The molecule has 0 aromatic carbocycles. The van der Waals surface area contributed by atoms with Gasteiger partial charge in [0.1, 0.15) is 0 Å². The Bertz CT molecular complexity index is 273. The van der Waals surface area contributed by atoms with Crippen LogP contribution in [0.3, 0.4) is 0 Å². The lowest BCUT2D eigenvalue weighted by atomic mass is 10.3. The largest absolute Gasteiger partial charge is 0.359 e. The fraction of sp³-hybridized carbons (Fsp3) is 0.333. The van der Waals surface area contributed by atoms with Gasteiger partial charge >= 0.3 is 0 Å². The molecule has 0 amide bonds. The quantitative estimate of drug-likeness (QED) is 0.614. The summed E-state index contributed by atoms with van der Waals surface area (Å²) in [7, 11) is 3.56. The molecule has 0 aliphatic carbocycles. The van der Waals surface area contributed by atoms with Crippen LogP contribution in [0.4, 0.5) is 0 Å². The molecule has 0 unspecified atom stereocenters. The average Bonchev–Trinajstić information content (AvgIpc) is 2.21. The van der Waals surface area contributed by atoms with E-state index in [4.69, 9.17) is 0 Å². The summed E-state index contributed by atoms with van der Waals surface area (Å²) < 4.78 is 0. The number of aliphatic imine (C=N–C) groups is 1. The summed E-state index contributed by atoms with van der Waals surface area (Å²) in [5.41, 5.74) is 0.999. The van der Waals surface area contributed by atoms with E-state index in [1.165, 1.54) is 0 Å². The average molecular weight is 259 g/mol. The van der Waals surface area contributed by atoms with Crippen LogP contribution in [0.2, 0.25) is 0 Å². The molecule has 0 radical (unpaired) electrons. The van der Waals surface area contributed by atoms with Gasteiger partial charge in [0, 0.05) is 20.3 Å². The van der Waals surface area contributed by atoms with E-state index in [0.717, 1.165) is 11.7 Å². The molecule has 0 saturated heterocycles. The first-order valence-corrected chi connectivity index (χ1v) is 4.15. The predicted molar refractivity (Wildman–Crippen MR) is 63.8 cm³/mol. The number of rotatable bonds is 2. The zero-order chi connectivity index (χ0) is 9.52.